The predicted octanol–water partition coefficient (Wildman–Crippen LogP) is 1.22. The molecule has 0 aromatic rings. The zero-order chi connectivity index (χ0) is 13.0. The Hall–Kier alpha value is 0.580. The fraction of sp³-hybridized carbons (Fsp3) is 1.00. The second kappa shape index (κ2) is 7.39. The summed E-state index contributed by atoms with van der Waals surface area (Å²) in [5, 5.41) is 10.3. The van der Waals surface area contributed by atoms with E-state index in [1.54, 1.807) is 0 Å². The van der Waals surface area contributed by atoms with E-state index in [9.17, 15) is 5.11 Å². The number of rotatable bonds is 4. The van der Waals surface area contributed by atoms with Crippen molar-refractivity contribution in [3.05, 3.63) is 0 Å². The molecule has 0 aromatic carbocycles. The van der Waals surface area contributed by atoms with Gasteiger partial charge in [0.25, 0.3) is 0 Å². The third-order valence-electron chi connectivity index (χ3n) is 3.90. The van der Waals surface area contributed by atoms with E-state index in [0.29, 0.717) is 12.1 Å². The summed E-state index contributed by atoms with van der Waals surface area (Å²) >= 11 is 4.07. The van der Waals surface area contributed by atoms with Crippen LogP contribution < -0.4 is 0 Å². The monoisotopic (exact) mass is 290 g/mol. The van der Waals surface area contributed by atoms with Crippen molar-refractivity contribution >= 4 is 23.5 Å². The van der Waals surface area contributed by atoms with Crippen LogP contribution >= 0.6 is 23.5 Å². The van der Waals surface area contributed by atoms with Gasteiger partial charge in [-0.05, 0) is 13.8 Å². The molecule has 2 rings (SSSR count). The molecule has 0 radical (unpaired) electrons. The molecule has 2 heterocycles. The van der Waals surface area contributed by atoms with Crippen LogP contribution in [0.1, 0.15) is 13.8 Å². The number of aliphatic hydroxyl groups excluding tert-OH is 1. The summed E-state index contributed by atoms with van der Waals surface area (Å²) in [7, 11) is 0. The van der Waals surface area contributed by atoms with Crippen LogP contribution in [-0.2, 0) is 0 Å². The summed E-state index contributed by atoms with van der Waals surface area (Å²) in [4.78, 5) is 4.90. The molecule has 0 aromatic heterocycles. The van der Waals surface area contributed by atoms with Gasteiger partial charge < -0.3 is 5.11 Å². The predicted molar refractivity (Wildman–Crippen MR) is 82.7 cm³/mol. The van der Waals surface area contributed by atoms with E-state index in [1.807, 2.05) is 23.5 Å². The third-order valence-corrected chi connectivity index (χ3v) is 6.28. The lowest BCUT2D eigenvalue weighted by molar-refractivity contribution is 0.0570. The normalized spacial score (nSPS) is 33.5. The summed E-state index contributed by atoms with van der Waals surface area (Å²) < 4.78 is 0. The molecule has 2 atom stereocenters. The van der Waals surface area contributed by atoms with E-state index in [1.165, 1.54) is 23.0 Å². The van der Waals surface area contributed by atoms with Gasteiger partial charge in [-0.1, -0.05) is 0 Å². The molecule has 2 saturated heterocycles. The highest BCUT2D eigenvalue weighted by molar-refractivity contribution is 7.99. The van der Waals surface area contributed by atoms with Gasteiger partial charge in [0.1, 0.15) is 0 Å². The van der Waals surface area contributed by atoms with Crippen LogP contribution in [0.2, 0.25) is 0 Å². The standard InChI is InChI=1S/C13H26N2OS2/c1-11-9-17-5-3-14(11)7-13(16)8-15-4-6-18-10-12(15)2/h11-13,16H,3-10H2,1-2H3. The number of thioether (sulfide) groups is 2. The van der Waals surface area contributed by atoms with Crippen LogP contribution in [-0.4, -0.2) is 82.3 Å². The van der Waals surface area contributed by atoms with Crippen LogP contribution in [0.3, 0.4) is 0 Å². The summed E-state index contributed by atoms with van der Waals surface area (Å²) in [6.45, 7) is 8.51. The fourth-order valence-electron chi connectivity index (χ4n) is 2.66. The molecule has 2 aliphatic rings. The minimum absolute atomic E-state index is 0.193. The van der Waals surface area contributed by atoms with Crippen LogP contribution in [0.4, 0.5) is 0 Å². The van der Waals surface area contributed by atoms with Gasteiger partial charge in [-0.25, -0.2) is 0 Å². The first-order valence-electron chi connectivity index (χ1n) is 6.98. The molecule has 0 aliphatic carbocycles. The number of hydrogen-bond donors (Lipinski definition) is 1. The quantitative estimate of drug-likeness (QED) is 0.840. The molecule has 0 amide bonds. The summed E-state index contributed by atoms with van der Waals surface area (Å²) in [6.07, 6.45) is -0.193. The van der Waals surface area contributed by atoms with Crippen molar-refractivity contribution in [2.75, 3.05) is 49.2 Å². The highest BCUT2D eigenvalue weighted by atomic mass is 32.2. The number of hydrogen-bond acceptors (Lipinski definition) is 5. The molecule has 2 fully saturated rings. The SMILES string of the molecule is CC1CSCCN1CC(O)CN1CCSCC1C. The van der Waals surface area contributed by atoms with Crippen LogP contribution in [0, 0.1) is 0 Å². The molecular formula is C13H26N2OS2. The first kappa shape index (κ1) is 15.0. The largest absolute Gasteiger partial charge is 0.390 e. The average Bonchev–Trinajstić information content (AvgIpc) is 2.35. The van der Waals surface area contributed by atoms with Crippen molar-refractivity contribution in [1.29, 1.82) is 0 Å². The minimum Gasteiger partial charge on any atom is -0.390 e. The van der Waals surface area contributed by atoms with Gasteiger partial charge in [-0.15, -0.1) is 0 Å². The molecule has 3 nitrogen and oxygen atoms in total. The molecule has 0 spiro atoms. The van der Waals surface area contributed by atoms with E-state index in [4.69, 9.17) is 0 Å². The van der Waals surface area contributed by atoms with E-state index in [2.05, 4.69) is 23.6 Å². The molecule has 1 N–H and O–H groups in total. The zero-order valence-electron chi connectivity index (χ0n) is 11.5. The van der Waals surface area contributed by atoms with Gasteiger partial charge in [-0.2, -0.15) is 23.5 Å². The smallest absolute Gasteiger partial charge is 0.0794 e. The number of aliphatic hydroxyl groups is 1. The van der Waals surface area contributed by atoms with Gasteiger partial charge in [-0.3, -0.25) is 9.80 Å². The van der Waals surface area contributed by atoms with Crippen molar-refractivity contribution in [2.45, 2.75) is 32.0 Å². The maximum absolute atomic E-state index is 10.3. The molecule has 2 aliphatic heterocycles. The molecule has 106 valence electrons. The van der Waals surface area contributed by atoms with Crippen molar-refractivity contribution in [3.63, 3.8) is 0 Å². The molecule has 0 saturated carbocycles. The summed E-state index contributed by atoms with van der Waals surface area (Å²) in [5.41, 5.74) is 0. The number of nitrogens with zero attached hydrogens (tertiary/aromatic N) is 2. The Morgan fingerprint density at radius 1 is 1.00 bits per heavy atom. The van der Waals surface area contributed by atoms with Gasteiger partial charge in [0.05, 0.1) is 6.10 Å². The third kappa shape index (κ3) is 4.30. The summed E-state index contributed by atoms with van der Waals surface area (Å²) in [6, 6.07) is 1.24. The molecular weight excluding hydrogens is 264 g/mol. The van der Waals surface area contributed by atoms with E-state index in [0.717, 1.165) is 26.2 Å². The second-order valence-electron chi connectivity index (χ2n) is 5.49. The Morgan fingerprint density at radius 2 is 1.44 bits per heavy atom. The van der Waals surface area contributed by atoms with Crippen LogP contribution in [0.15, 0.2) is 0 Å². The Balaban J connectivity index is 1.75. The molecule has 2 unspecified atom stereocenters. The van der Waals surface area contributed by atoms with Gasteiger partial charge in [0, 0.05) is 61.3 Å². The highest BCUT2D eigenvalue weighted by Gasteiger charge is 2.25. The van der Waals surface area contributed by atoms with Gasteiger partial charge in [0.2, 0.25) is 0 Å². The maximum atomic E-state index is 10.3. The number of β-amino-alcohol motifs (C(OH)–C–C–N with tert-alkyl or cyclic N) is 1. The van der Waals surface area contributed by atoms with Crippen LogP contribution in [0.5, 0.6) is 0 Å². The van der Waals surface area contributed by atoms with Crippen molar-refractivity contribution in [2.24, 2.45) is 0 Å². The van der Waals surface area contributed by atoms with Crippen LogP contribution in [0.25, 0.3) is 0 Å². The zero-order valence-corrected chi connectivity index (χ0v) is 13.2. The van der Waals surface area contributed by atoms with E-state index < -0.39 is 0 Å². The van der Waals surface area contributed by atoms with Crippen molar-refractivity contribution in [1.82, 2.24) is 9.80 Å². The summed E-state index contributed by atoms with van der Waals surface area (Å²) in [5.74, 6) is 4.86. The first-order chi connectivity index (χ1) is 8.66. The Bertz CT molecular complexity index is 231. The Kier molecular flexibility index (Phi) is 6.15. The lowest BCUT2D eigenvalue weighted by Crippen LogP contribution is -2.50. The highest BCUT2D eigenvalue weighted by Crippen LogP contribution is 2.18. The second-order valence-corrected chi connectivity index (χ2v) is 7.79. The average molecular weight is 290 g/mol. The van der Waals surface area contributed by atoms with Crippen molar-refractivity contribution in [3.8, 4) is 0 Å². The Labute approximate surface area is 120 Å². The van der Waals surface area contributed by atoms with Gasteiger partial charge >= 0.3 is 0 Å². The Morgan fingerprint density at radius 3 is 1.83 bits per heavy atom. The van der Waals surface area contributed by atoms with E-state index >= 15 is 0 Å². The van der Waals surface area contributed by atoms with Crippen molar-refractivity contribution < 1.29 is 5.11 Å². The topological polar surface area (TPSA) is 26.7 Å². The lowest BCUT2D eigenvalue weighted by Gasteiger charge is -2.38. The fourth-order valence-corrected chi connectivity index (χ4v) is 4.83. The van der Waals surface area contributed by atoms with E-state index in [-0.39, 0.29) is 6.10 Å². The molecule has 0 bridgehead atoms. The minimum atomic E-state index is -0.193. The maximum Gasteiger partial charge on any atom is 0.0794 e. The van der Waals surface area contributed by atoms with Gasteiger partial charge in [0.15, 0.2) is 0 Å². The molecule has 5 heteroatoms. The first-order valence-corrected chi connectivity index (χ1v) is 9.29. The lowest BCUT2D eigenvalue weighted by atomic mass is 10.2. The molecule has 18 heavy (non-hydrogen) atoms.